The first-order valence-corrected chi connectivity index (χ1v) is 4.30. The Morgan fingerprint density at radius 3 is 2.91 bits per heavy atom. The number of alkyl halides is 1. The molecule has 11 heavy (non-hydrogen) atoms. The summed E-state index contributed by atoms with van der Waals surface area (Å²) in [4.78, 5) is 2.23. The molecule has 0 bridgehead atoms. The molecule has 64 valence electrons. The standard InChI is InChI=1S/C8H15FN2/c1-11-4-6-2-10-3-8(9)7(6)5-11/h6-8,10H,2-5H2,1H3/t6-,7+,8?/m1/s1. The monoisotopic (exact) mass is 158 g/mol. The molecule has 0 aromatic heterocycles. The molecule has 0 aromatic rings. The molecule has 0 saturated carbocycles. The second kappa shape index (κ2) is 2.72. The van der Waals surface area contributed by atoms with E-state index in [2.05, 4.69) is 17.3 Å². The van der Waals surface area contributed by atoms with Gasteiger partial charge in [0.1, 0.15) is 6.17 Å². The fourth-order valence-electron chi connectivity index (χ4n) is 2.30. The summed E-state index contributed by atoms with van der Waals surface area (Å²) in [5.41, 5.74) is 0. The normalized spacial score (nSPS) is 45.8. The van der Waals surface area contributed by atoms with Crippen LogP contribution in [0.15, 0.2) is 0 Å². The fourth-order valence-corrected chi connectivity index (χ4v) is 2.30. The van der Waals surface area contributed by atoms with Crippen LogP contribution in [0.1, 0.15) is 0 Å². The Bertz CT molecular complexity index is 151. The number of nitrogens with zero attached hydrogens (tertiary/aromatic N) is 1. The molecule has 3 atom stereocenters. The van der Waals surface area contributed by atoms with Crippen molar-refractivity contribution in [1.29, 1.82) is 0 Å². The average molecular weight is 158 g/mol. The summed E-state index contributed by atoms with van der Waals surface area (Å²) in [6.45, 7) is 3.59. The Balaban J connectivity index is 2.03. The molecule has 2 aliphatic rings. The summed E-state index contributed by atoms with van der Waals surface area (Å²) >= 11 is 0. The van der Waals surface area contributed by atoms with Gasteiger partial charge < -0.3 is 10.2 Å². The molecule has 2 heterocycles. The molecule has 0 radical (unpaired) electrons. The molecular weight excluding hydrogens is 143 g/mol. The van der Waals surface area contributed by atoms with Crippen LogP contribution in [0.2, 0.25) is 0 Å². The van der Waals surface area contributed by atoms with Gasteiger partial charge >= 0.3 is 0 Å². The predicted octanol–water partition coefficient (Wildman–Crippen LogP) is 0.105. The molecule has 1 unspecified atom stereocenters. The van der Waals surface area contributed by atoms with E-state index in [1.807, 2.05) is 0 Å². The van der Waals surface area contributed by atoms with Crippen LogP contribution in [0.3, 0.4) is 0 Å². The van der Waals surface area contributed by atoms with E-state index in [4.69, 9.17) is 0 Å². The van der Waals surface area contributed by atoms with Gasteiger partial charge in [0.25, 0.3) is 0 Å². The van der Waals surface area contributed by atoms with Crippen LogP contribution in [-0.4, -0.2) is 44.3 Å². The van der Waals surface area contributed by atoms with Gasteiger partial charge in [-0.25, -0.2) is 4.39 Å². The molecule has 2 nitrogen and oxygen atoms in total. The van der Waals surface area contributed by atoms with Gasteiger partial charge in [-0.05, 0) is 19.5 Å². The average Bonchev–Trinajstić information content (AvgIpc) is 2.31. The van der Waals surface area contributed by atoms with E-state index >= 15 is 0 Å². The molecule has 2 rings (SSSR count). The molecule has 3 heteroatoms. The van der Waals surface area contributed by atoms with Crippen LogP contribution < -0.4 is 5.32 Å². The van der Waals surface area contributed by atoms with Gasteiger partial charge in [0, 0.05) is 25.6 Å². The third-order valence-electron chi connectivity index (χ3n) is 2.88. The van der Waals surface area contributed by atoms with Gasteiger partial charge in [-0.2, -0.15) is 0 Å². The van der Waals surface area contributed by atoms with Crippen molar-refractivity contribution >= 4 is 0 Å². The summed E-state index contributed by atoms with van der Waals surface area (Å²) in [5.74, 6) is 0.866. The number of halogens is 1. The molecule has 0 aromatic carbocycles. The van der Waals surface area contributed by atoms with Gasteiger partial charge in [0.15, 0.2) is 0 Å². The van der Waals surface area contributed by atoms with Crippen LogP contribution in [0.4, 0.5) is 4.39 Å². The molecule has 2 aliphatic heterocycles. The van der Waals surface area contributed by atoms with E-state index in [1.54, 1.807) is 0 Å². The van der Waals surface area contributed by atoms with Crippen LogP contribution in [-0.2, 0) is 0 Å². The number of rotatable bonds is 0. The lowest BCUT2D eigenvalue weighted by Crippen LogP contribution is -2.44. The van der Waals surface area contributed by atoms with E-state index < -0.39 is 6.17 Å². The number of piperidine rings is 1. The minimum Gasteiger partial charge on any atom is -0.313 e. The first-order valence-electron chi connectivity index (χ1n) is 4.30. The molecule has 0 spiro atoms. The van der Waals surface area contributed by atoms with Crippen molar-refractivity contribution in [2.24, 2.45) is 11.8 Å². The molecule has 0 amide bonds. The highest BCUT2D eigenvalue weighted by atomic mass is 19.1. The molecular formula is C8H15FN2. The van der Waals surface area contributed by atoms with Crippen molar-refractivity contribution in [1.82, 2.24) is 10.2 Å². The van der Waals surface area contributed by atoms with Gasteiger partial charge in [-0.1, -0.05) is 0 Å². The van der Waals surface area contributed by atoms with Gasteiger partial charge in [-0.15, -0.1) is 0 Å². The third-order valence-corrected chi connectivity index (χ3v) is 2.88. The van der Waals surface area contributed by atoms with Crippen molar-refractivity contribution in [2.75, 3.05) is 33.2 Å². The Morgan fingerprint density at radius 1 is 1.36 bits per heavy atom. The second-order valence-electron chi connectivity index (χ2n) is 3.82. The lowest BCUT2D eigenvalue weighted by molar-refractivity contribution is 0.156. The Kier molecular flexibility index (Phi) is 1.85. The number of nitrogens with one attached hydrogen (secondary N) is 1. The smallest absolute Gasteiger partial charge is 0.117 e. The number of hydrogen-bond donors (Lipinski definition) is 1. The zero-order valence-electron chi connectivity index (χ0n) is 6.89. The lowest BCUT2D eigenvalue weighted by Gasteiger charge is -2.28. The lowest BCUT2D eigenvalue weighted by atomic mass is 9.88. The predicted molar refractivity (Wildman–Crippen MR) is 42.2 cm³/mol. The molecule has 1 N–H and O–H groups in total. The first-order chi connectivity index (χ1) is 5.27. The quantitative estimate of drug-likeness (QED) is 0.538. The second-order valence-corrected chi connectivity index (χ2v) is 3.82. The summed E-state index contributed by atoms with van der Waals surface area (Å²) in [6, 6.07) is 0. The summed E-state index contributed by atoms with van der Waals surface area (Å²) < 4.78 is 13.2. The maximum absolute atomic E-state index is 13.2. The van der Waals surface area contributed by atoms with E-state index in [0.717, 1.165) is 19.6 Å². The summed E-state index contributed by atoms with van der Waals surface area (Å²) in [5, 5.41) is 3.12. The Labute approximate surface area is 66.8 Å². The van der Waals surface area contributed by atoms with E-state index in [9.17, 15) is 4.39 Å². The highest BCUT2D eigenvalue weighted by Gasteiger charge is 2.38. The van der Waals surface area contributed by atoms with Crippen LogP contribution >= 0.6 is 0 Å². The molecule has 2 saturated heterocycles. The van der Waals surface area contributed by atoms with Crippen molar-refractivity contribution in [3.8, 4) is 0 Å². The van der Waals surface area contributed by atoms with Crippen LogP contribution in [0, 0.1) is 11.8 Å². The Morgan fingerprint density at radius 2 is 2.18 bits per heavy atom. The highest BCUT2D eigenvalue weighted by molar-refractivity contribution is 4.92. The summed E-state index contributed by atoms with van der Waals surface area (Å²) in [7, 11) is 2.07. The SMILES string of the molecule is CN1C[C@H]2CNCC(F)[C@H]2C1. The van der Waals surface area contributed by atoms with E-state index in [1.165, 1.54) is 0 Å². The minimum atomic E-state index is -0.612. The zero-order chi connectivity index (χ0) is 7.84. The first kappa shape index (κ1) is 7.50. The van der Waals surface area contributed by atoms with Crippen molar-refractivity contribution in [3.05, 3.63) is 0 Å². The summed E-state index contributed by atoms with van der Waals surface area (Å²) in [6.07, 6.45) is -0.612. The van der Waals surface area contributed by atoms with Crippen molar-refractivity contribution in [2.45, 2.75) is 6.17 Å². The zero-order valence-corrected chi connectivity index (χ0v) is 6.89. The number of fused-ring (bicyclic) bond motifs is 1. The number of likely N-dealkylation sites (tertiary alicyclic amines) is 1. The maximum Gasteiger partial charge on any atom is 0.117 e. The van der Waals surface area contributed by atoms with Crippen LogP contribution in [0.5, 0.6) is 0 Å². The van der Waals surface area contributed by atoms with E-state index in [-0.39, 0.29) is 0 Å². The molecule has 2 fully saturated rings. The fraction of sp³-hybridized carbons (Fsp3) is 1.00. The maximum atomic E-state index is 13.2. The largest absolute Gasteiger partial charge is 0.313 e. The molecule has 0 aliphatic carbocycles. The minimum absolute atomic E-state index is 0.307. The van der Waals surface area contributed by atoms with Gasteiger partial charge in [0.05, 0.1) is 0 Å². The highest BCUT2D eigenvalue weighted by Crippen LogP contribution is 2.28. The van der Waals surface area contributed by atoms with Crippen molar-refractivity contribution < 1.29 is 4.39 Å². The van der Waals surface area contributed by atoms with Crippen molar-refractivity contribution in [3.63, 3.8) is 0 Å². The van der Waals surface area contributed by atoms with Gasteiger partial charge in [-0.3, -0.25) is 0 Å². The Hall–Kier alpha value is -0.150. The van der Waals surface area contributed by atoms with E-state index in [0.29, 0.717) is 18.4 Å². The third kappa shape index (κ3) is 1.27. The van der Waals surface area contributed by atoms with Crippen LogP contribution in [0.25, 0.3) is 0 Å². The van der Waals surface area contributed by atoms with Gasteiger partial charge in [0.2, 0.25) is 0 Å². The topological polar surface area (TPSA) is 15.3 Å². The number of hydrogen-bond acceptors (Lipinski definition) is 2.